The summed E-state index contributed by atoms with van der Waals surface area (Å²) in [7, 11) is 0. The summed E-state index contributed by atoms with van der Waals surface area (Å²) in [4.78, 5) is 13.9. The van der Waals surface area contributed by atoms with Crippen LogP contribution in [0, 0.1) is 11.3 Å². The number of nitriles is 1. The first-order chi connectivity index (χ1) is 6.79. The molecule has 1 aliphatic heterocycles. The number of hydrogen-bond acceptors (Lipinski definition) is 3. The van der Waals surface area contributed by atoms with Crippen molar-refractivity contribution in [2.24, 2.45) is 0 Å². The first kappa shape index (κ1) is 9.22. The molecule has 1 aliphatic rings. The highest BCUT2D eigenvalue weighted by molar-refractivity contribution is 7.10. The van der Waals surface area contributed by atoms with Gasteiger partial charge in [-0.25, -0.2) is 0 Å². The van der Waals surface area contributed by atoms with Crippen molar-refractivity contribution in [3.8, 4) is 6.07 Å². The van der Waals surface area contributed by atoms with Crippen molar-refractivity contribution in [3.63, 3.8) is 0 Å². The number of rotatable bonds is 2. The van der Waals surface area contributed by atoms with E-state index >= 15 is 0 Å². The number of carbonyl (C=O) groups excluding carboxylic acids is 1. The molecule has 14 heavy (non-hydrogen) atoms. The smallest absolute Gasteiger partial charge is 0.222 e. The molecule has 4 heteroatoms. The molecule has 3 nitrogen and oxygen atoms in total. The second-order valence-electron chi connectivity index (χ2n) is 3.35. The summed E-state index contributed by atoms with van der Waals surface area (Å²) >= 11 is 1.44. The van der Waals surface area contributed by atoms with Crippen molar-refractivity contribution in [2.45, 2.75) is 19.4 Å². The summed E-state index contributed by atoms with van der Waals surface area (Å²) in [5, 5.41) is 10.6. The van der Waals surface area contributed by atoms with E-state index in [1.54, 1.807) is 0 Å². The topological polar surface area (TPSA) is 44.1 Å². The van der Waals surface area contributed by atoms with E-state index in [1.807, 2.05) is 16.3 Å². The van der Waals surface area contributed by atoms with Gasteiger partial charge in [-0.3, -0.25) is 4.79 Å². The van der Waals surface area contributed by atoms with Crippen molar-refractivity contribution in [3.05, 3.63) is 21.9 Å². The number of nitrogens with zero attached hydrogens (tertiary/aromatic N) is 2. The van der Waals surface area contributed by atoms with Gasteiger partial charge in [-0.15, -0.1) is 11.3 Å². The van der Waals surface area contributed by atoms with E-state index in [4.69, 9.17) is 5.26 Å². The van der Waals surface area contributed by atoms with Crippen molar-refractivity contribution < 1.29 is 4.79 Å². The molecular weight excluding hydrogens is 196 g/mol. The zero-order chi connectivity index (χ0) is 9.97. The van der Waals surface area contributed by atoms with Gasteiger partial charge < -0.3 is 4.90 Å². The summed E-state index contributed by atoms with van der Waals surface area (Å²) in [6, 6.07) is 3.96. The van der Waals surface area contributed by atoms with Crippen LogP contribution in [0.3, 0.4) is 0 Å². The maximum absolute atomic E-state index is 11.3. The minimum atomic E-state index is 0.231. The quantitative estimate of drug-likeness (QED) is 0.739. The minimum Gasteiger partial charge on any atom is -0.338 e. The molecule has 72 valence electrons. The van der Waals surface area contributed by atoms with Gasteiger partial charge in [-0.1, -0.05) is 0 Å². The predicted octanol–water partition coefficient (Wildman–Crippen LogP) is 1.74. The average molecular weight is 206 g/mol. The molecule has 0 aromatic carbocycles. The lowest BCUT2D eigenvalue weighted by Crippen LogP contribution is -2.23. The number of hydrogen-bond donors (Lipinski definition) is 0. The Morgan fingerprint density at radius 3 is 3.07 bits per heavy atom. The SMILES string of the molecule is N#Cc1cc(CN2CCCC2=O)cs1. The zero-order valence-electron chi connectivity index (χ0n) is 7.69. The Kier molecular flexibility index (Phi) is 2.51. The first-order valence-electron chi connectivity index (χ1n) is 4.55. The lowest BCUT2D eigenvalue weighted by molar-refractivity contribution is -0.128. The molecule has 0 N–H and O–H groups in total. The largest absolute Gasteiger partial charge is 0.338 e. The van der Waals surface area contributed by atoms with Gasteiger partial charge in [0.15, 0.2) is 0 Å². The minimum absolute atomic E-state index is 0.231. The molecule has 0 unspecified atom stereocenters. The van der Waals surface area contributed by atoms with Crippen LogP contribution in [0.15, 0.2) is 11.4 Å². The van der Waals surface area contributed by atoms with Crippen molar-refractivity contribution in [2.75, 3.05) is 6.54 Å². The zero-order valence-corrected chi connectivity index (χ0v) is 8.51. The van der Waals surface area contributed by atoms with E-state index in [0.717, 1.165) is 18.5 Å². The molecule has 1 saturated heterocycles. The molecule has 0 atom stereocenters. The number of carbonyl (C=O) groups is 1. The van der Waals surface area contributed by atoms with Crippen molar-refractivity contribution >= 4 is 17.2 Å². The Bertz CT molecular complexity index is 391. The highest BCUT2D eigenvalue weighted by atomic mass is 32.1. The van der Waals surface area contributed by atoms with Crippen molar-refractivity contribution in [1.82, 2.24) is 4.90 Å². The normalized spacial score (nSPS) is 15.9. The number of thiophene rings is 1. The molecule has 1 aromatic heterocycles. The molecule has 0 radical (unpaired) electrons. The maximum Gasteiger partial charge on any atom is 0.222 e. The molecule has 0 spiro atoms. The van der Waals surface area contributed by atoms with Crippen LogP contribution in [0.1, 0.15) is 23.3 Å². The second-order valence-corrected chi connectivity index (χ2v) is 4.26. The first-order valence-corrected chi connectivity index (χ1v) is 5.43. The van der Waals surface area contributed by atoms with Crippen LogP contribution in [0.25, 0.3) is 0 Å². The fourth-order valence-electron chi connectivity index (χ4n) is 1.61. The van der Waals surface area contributed by atoms with Crippen LogP contribution in [-0.2, 0) is 11.3 Å². The summed E-state index contributed by atoms with van der Waals surface area (Å²) < 4.78 is 0. The van der Waals surface area contributed by atoms with Gasteiger partial charge in [0.25, 0.3) is 0 Å². The highest BCUT2D eigenvalue weighted by Crippen LogP contribution is 2.18. The Morgan fingerprint density at radius 1 is 1.64 bits per heavy atom. The van der Waals surface area contributed by atoms with Crippen LogP contribution in [0.4, 0.5) is 0 Å². The Balaban J connectivity index is 2.04. The van der Waals surface area contributed by atoms with E-state index in [2.05, 4.69) is 6.07 Å². The molecule has 1 fully saturated rings. The lowest BCUT2D eigenvalue weighted by Gasteiger charge is -2.13. The summed E-state index contributed by atoms with van der Waals surface area (Å²) in [6.07, 6.45) is 1.64. The fraction of sp³-hybridized carbons (Fsp3) is 0.400. The standard InChI is InChI=1S/C10H10N2OS/c11-5-9-4-8(7-14-9)6-12-3-1-2-10(12)13/h4,7H,1-3,6H2. The number of amides is 1. The van der Waals surface area contributed by atoms with Gasteiger partial charge >= 0.3 is 0 Å². The van der Waals surface area contributed by atoms with Gasteiger partial charge in [-0.2, -0.15) is 5.26 Å². The van der Waals surface area contributed by atoms with Gasteiger partial charge in [-0.05, 0) is 23.4 Å². The van der Waals surface area contributed by atoms with E-state index in [-0.39, 0.29) is 5.91 Å². The molecule has 0 aliphatic carbocycles. The Morgan fingerprint density at radius 2 is 2.50 bits per heavy atom. The van der Waals surface area contributed by atoms with Gasteiger partial charge in [0.1, 0.15) is 10.9 Å². The maximum atomic E-state index is 11.3. The molecule has 1 aromatic rings. The second kappa shape index (κ2) is 3.81. The third kappa shape index (κ3) is 1.78. The van der Waals surface area contributed by atoms with Crippen LogP contribution < -0.4 is 0 Å². The van der Waals surface area contributed by atoms with Crippen LogP contribution >= 0.6 is 11.3 Å². The van der Waals surface area contributed by atoms with Gasteiger partial charge in [0.05, 0.1) is 0 Å². The third-order valence-corrected chi connectivity index (χ3v) is 3.19. The van der Waals surface area contributed by atoms with Crippen LogP contribution in [-0.4, -0.2) is 17.4 Å². The van der Waals surface area contributed by atoms with Crippen LogP contribution in [0.5, 0.6) is 0 Å². The predicted molar refractivity (Wildman–Crippen MR) is 53.7 cm³/mol. The molecular formula is C10H10N2OS. The fourth-order valence-corrected chi connectivity index (χ4v) is 2.30. The van der Waals surface area contributed by atoms with Crippen LogP contribution in [0.2, 0.25) is 0 Å². The lowest BCUT2D eigenvalue weighted by atomic mass is 10.3. The molecule has 1 amide bonds. The molecule has 2 heterocycles. The average Bonchev–Trinajstić information content (AvgIpc) is 2.77. The van der Waals surface area contributed by atoms with Gasteiger partial charge in [0.2, 0.25) is 5.91 Å². The van der Waals surface area contributed by atoms with Crippen molar-refractivity contribution in [1.29, 1.82) is 5.26 Å². The van der Waals surface area contributed by atoms with E-state index in [0.29, 0.717) is 17.8 Å². The summed E-state index contributed by atoms with van der Waals surface area (Å²) in [6.45, 7) is 1.52. The highest BCUT2D eigenvalue weighted by Gasteiger charge is 2.20. The molecule has 2 rings (SSSR count). The Hall–Kier alpha value is -1.34. The third-order valence-electron chi connectivity index (χ3n) is 2.31. The molecule has 0 saturated carbocycles. The summed E-state index contributed by atoms with van der Waals surface area (Å²) in [5.74, 6) is 0.231. The monoisotopic (exact) mass is 206 g/mol. The van der Waals surface area contributed by atoms with E-state index < -0.39 is 0 Å². The number of likely N-dealkylation sites (tertiary alicyclic amines) is 1. The van der Waals surface area contributed by atoms with E-state index in [9.17, 15) is 4.79 Å². The molecule has 0 bridgehead atoms. The summed E-state index contributed by atoms with van der Waals surface area (Å²) in [5.41, 5.74) is 1.07. The van der Waals surface area contributed by atoms with Gasteiger partial charge in [0, 0.05) is 19.5 Å². The Labute approximate surface area is 86.6 Å². The van der Waals surface area contributed by atoms with E-state index in [1.165, 1.54) is 11.3 Å².